The molecule has 1 aliphatic carbocycles. The van der Waals surface area contributed by atoms with E-state index < -0.39 is 5.82 Å². The molecule has 0 spiro atoms. The number of halogens is 1. The van der Waals surface area contributed by atoms with Gasteiger partial charge in [-0.15, -0.1) is 0 Å². The summed E-state index contributed by atoms with van der Waals surface area (Å²) in [5.74, 6) is -0.379. The van der Waals surface area contributed by atoms with Crippen molar-refractivity contribution in [3.8, 4) is 0 Å². The van der Waals surface area contributed by atoms with Crippen LogP contribution in [0.25, 0.3) is 0 Å². The molecule has 3 N–H and O–H groups in total. The van der Waals surface area contributed by atoms with E-state index in [-0.39, 0.29) is 17.5 Å². The molecule has 2 atom stereocenters. The summed E-state index contributed by atoms with van der Waals surface area (Å²) < 4.78 is 13.6. The summed E-state index contributed by atoms with van der Waals surface area (Å²) >= 11 is 0. The number of aryl methyl sites for hydroxylation is 1. The lowest BCUT2D eigenvalue weighted by atomic mass is 9.86. The average Bonchev–Trinajstić information content (AvgIpc) is 2.36. The van der Waals surface area contributed by atoms with Crippen molar-refractivity contribution in [1.82, 2.24) is 5.32 Å². The molecule has 1 aromatic carbocycles. The molecular formula is C15H21FN2O. The first-order chi connectivity index (χ1) is 9.06. The lowest BCUT2D eigenvalue weighted by Gasteiger charge is -2.26. The summed E-state index contributed by atoms with van der Waals surface area (Å²) in [6.07, 6.45) is 4.21. The van der Waals surface area contributed by atoms with Crippen LogP contribution in [-0.4, -0.2) is 18.5 Å². The largest absolute Gasteiger partial charge is 0.352 e. The molecule has 0 saturated heterocycles. The zero-order valence-electron chi connectivity index (χ0n) is 11.3. The number of nitrogens with one attached hydrogen (secondary N) is 1. The Hall–Kier alpha value is -1.42. The van der Waals surface area contributed by atoms with Gasteiger partial charge in [0.25, 0.3) is 5.91 Å². The number of benzene rings is 1. The fraction of sp³-hybridized carbons (Fsp3) is 0.533. The highest BCUT2D eigenvalue weighted by Gasteiger charge is 2.20. The molecule has 0 bridgehead atoms. The van der Waals surface area contributed by atoms with E-state index in [1.807, 2.05) is 0 Å². The van der Waals surface area contributed by atoms with Crippen molar-refractivity contribution in [2.24, 2.45) is 11.7 Å². The smallest absolute Gasteiger partial charge is 0.254 e. The van der Waals surface area contributed by atoms with Gasteiger partial charge in [0.2, 0.25) is 0 Å². The minimum Gasteiger partial charge on any atom is -0.352 e. The Morgan fingerprint density at radius 2 is 2.26 bits per heavy atom. The molecule has 19 heavy (non-hydrogen) atoms. The maximum Gasteiger partial charge on any atom is 0.254 e. The highest BCUT2D eigenvalue weighted by Crippen LogP contribution is 2.22. The van der Waals surface area contributed by atoms with E-state index in [0.717, 1.165) is 31.2 Å². The molecule has 2 rings (SSSR count). The second kappa shape index (κ2) is 6.15. The van der Waals surface area contributed by atoms with E-state index in [2.05, 4.69) is 5.32 Å². The third kappa shape index (κ3) is 3.77. The Labute approximate surface area is 113 Å². The second-order valence-electron chi connectivity index (χ2n) is 5.49. The van der Waals surface area contributed by atoms with Gasteiger partial charge in [0.05, 0.1) is 5.56 Å². The Kier molecular flexibility index (Phi) is 4.53. The summed E-state index contributed by atoms with van der Waals surface area (Å²) in [4.78, 5) is 11.9. The standard InChI is InChI=1S/C15H21FN2O/c1-10-5-6-13(14(16)7-10)15(19)18-9-11-3-2-4-12(17)8-11/h5-7,11-12H,2-4,8-9,17H2,1H3,(H,18,19). The van der Waals surface area contributed by atoms with Gasteiger partial charge in [-0.25, -0.2) is 4.39 Å². The molecule has 1 fully saturated rings. The molecule has 0 aliphatic heterocycles. The van der Waals surface area contributed by atoms with Crippen LogP contribution in [0, 0.1) is 18.7 Å². The maximum atomic E-state index is 13.6. The maximum absolute atomic E-state index is 13.6. The molecule has 0 heterocycles. The summed E-state index contributed by atoms with van der Waals surface area (Å²) in [6.45, 7) is 2.38. The summed E-state index contributed by atoms with van der Waals surface area (Å²) in [5, 5.41) is 2.82. The van der Waals surface area contributed by atoms with Gasteiger partial charge in [-0.2, -0.15) is 0 Å². The third-order valence-electron chi connectivity index (χ3n) is 3.74. The lowest BCUT2D eigenvalue weighted by molar-refractivity contribution is 0.0938. The fourth-order valence-electron chi connectivity index (χ4n) is 2.65. The average molecular weight is 264 g/mol. The van der Waals surface area contributed by atoms with Crippen LogP contribution in [0.3, 0.4) is 0 Å². The molecule has 1 saturated carbocycles. The Morgan fingerprint density at radius 3 is 2.95 bits per heavy atom. The molecule has 104 valence electrons. The molecule has 3 nitrogen and oxygen atoms in total. The number of carbonyl (C=O) groups is 1. The zero-order valence-corrected chi connectivity index (χ0v) is 11.3. The van der Waals surface area contributed by atoms with E-state index in [4.69, 9.17) is 5.73 Å². The minimum atomic E-state index is -0.460. The van der Waals surface area contributed by atoms with Crippen LogP contribution in [0.5, 0.6) is 0 Å². The van der Waals surface area contributed by atoms with E-state index in [0.29, 0.717) is 12.5 Å². The van der Waals surface area contributed by atoms with Crippen molar-refractivity contribution in [2.75, 3.05) is 6.54 Å². The van der Waals surface area contributed by atoms with E-state index in [1.165, 1.54) is 12.1 Å². The van der Waals surface area contributed by atoms with Crippen LogP contribution in [-0.2, 0) is 0 Å². The van der Waals surface area contributed by atoms with Gasteiger partial charge in [-0.1, -0.05) is 12.5 Å². The first-order valence-electron chi connectivity index (χ1n) is 6.86. The van der Waals surface area contributed by atoms with Gasteiger partial charge in [0.15, 0.2) is 0 Å². The summed E-state index contributed by atoms with van der Waals surface area (Å²) in [6, 6.07) is 4.90. The highest BCUT2D eigenvalue weighted by atomic mass is 19.1. The normalized spacial score (nSPS) is 23.1. The van der Waals surface area contributed by atoms with Crippen LogP contribution in [0.15, 0.2) is 18.2 Å². The van der Waals surface area contributed by atoms with Crippen molar-refractivity contribution in [2.45, 2.75) is 38.6 Å². The number of carbonyl (C=O) groups excluding carboxylic acids is 1. The van der Waals surface area contributed by atoms with Gasteiger partial charge in [-0.05, 0) is 49.8 Å². The lowest BCUT2D eigenvalue weighted by Crippen LogP contribution is -2.35. The summed E-state index contributed by atoms with van der Waals surface area (Å²) in [7, 11) is 0. The van der Waals surface area contributed by atoms with Crippen molar-refractivity contribution in [1.29, 1.82) is 0 Å². The van der Waals surface area contributed by atoms with Crippen LogP contribution in [0.4, 0.5) is 4.39 Å². The molecule has 0 radical (unpaired) electrons. The van der Waals surface area contributed by atoms with Crippen LogP contribution >= 0.6 is 0 Å². The van der Waals surface area contributed by atoms with E-state index in [1.54, 1.807) is 13.0 Å². The molecule has 1 amide bonds. The second-order valence-corrected chi connectivity index (χ2v) is 5.49. The number of hydrogen-bond acceptors (Lipinski definition) is 2. The van der Waals surface area contributed by atoms with Crippen LogP contribution in [0.1, 0.15) is 41.6 Å². The summed E-state index contributed by atoms with van der Waals surface area (Å²) in [5.41, 5.74) is 6.84. The SMILES string of the molecule is Cc1ccc(C(=O)NCC2CCCC(N)C2)c(F)c1. The van der Waals surface area contributed by atoms with Crippen molar-refractivity contribution >= 4 is 5.91 Å². The quantitative estimate of drug-likeness (QED) is 0.880. The van der Waals surface area contributed by atoms with Crippen LogP contribution in [0.2, 0.25) is 0 Å². The van der Waals surface area contributed by atoms with E-state index >= 15 is 0 Å². The number of hydrogen-bond donors (Lipinski definition) is 2. The predicted octanol–water partition coefficient (Wildman–Crippen LogP) is 2.38. The number of amides is 1. The van der Waals surface area contributed by atoms with Gasteiger partial charge in [0, 0.05) is 12.6 Å². The van der Waals surface area contributed by atoms with Crippen molar-refractivity contribution < 1.29 is 9.18 Å². The van der Waals surface area contributed by atoms with Crippen molar-refractivity contribution in [3.63, 3.8) is 0 Å². The van der Waals surface area contributed by atoms with Gasteiger partial charge < -0.3 is 11.1 Å². The zero-order chi connectivity index (χ0) is 13.8. The minimum absolute atomic E-state index is 0.116. The monoisotopic (exact) mass is 264 g/mol. The fourth-order valence-corrected chi connectivity index (χ4v) is 2.65. The third-order valence-corrected chi connectivity index (χ3v) is 3.74. The first-order valence-corrected chi connectivity index (χ1v) is 6.86. The topological polar surface area (TPSA) is 55.1 Å². The Bertz CT molecular complexity index is 461. The Morgan fingerprint density at radius 1 is 1.47 bits per heavy atom. The van der Waals surface area contributed by atoms with Gasteiger partial charge >= 0.3 is 0 Å². The number of rotatable bonds is 3. The number of nitrogens with two attached hydrogens (primary N) is 1. The molecular weight excluding hydrogens is 243 g/mol. The predicted molar refractivity (Wildman–Crippen MR) is 73.4 cm³/mol. The van der Waals surface area contributed by atoms with Gasteiger partial charge in [0.1, 0.15) is 5.82 Å². The highest BCUT2D eigenvalue weighted by molar-refractivity contribution is 5.94. The molecule has 1 aliphatic rings. The van der Waals surface area contributed by atoms with Gasteiger partial charge in [-0.3, -0.25) is 4.79 Å². The van der Waals surface area contributed by atoms with E-state index in [9.17, 15) is 9.18 Å². The molecule has 1 aromatic rings. The first kappa shape index (κ1) is 14.0. The van der Waals surface area contributed by atoms with Crippen molar-refractivity contribution in [3.05, 3.63) is 35.1 Å². The molecule has 0 aromatic heterocycles. The molecule has 4 heteroatoms. The Balaban J connectivity index is 1.90. The molecule has 2 unspecified atom stereocenters. The van der Waals surface area contributed by atoms with Crippen LogP contribution < -0.4 is 11.1 Å².